The van der Waals surface area contributed by atoms with E-state index >= 15 is 0 Å². The van der Waals surface area contributed by atoms with Crippen molar-refractivity contribution in [3.05, 3.63) is 11.8 Å². The molecule has 0 fully saturated rings. The quantitative estimate of drug-likeness (QED) is 0.343. The molecule has 0 amide bonds. The van der Waals surface area contributed by atoms with Crippen molar-refractivity contribution in [2.45, 2.75) is 12.4 Å². The summed E-state index contributed by atoms with van der Waals surface area (Å²) < 4.78 is 68.1. The fraction of sp³-hybridized carbons (Fsp3) is 0.400. The second kappa shape index (κ2) is 4.70. The molecule has 0 unspecified atom stereocenters. The number of carbonyl (C=O) groups excluding carboxylic acids is 1. The molecule has 1 N–H and O–H groups in total. The molecular weight excluding hydrogens is 270 g/mol. The van der Waals surface area contributed by atoms with Crippen LogP contribution in [0.1, 0.15) is 0 Å². The Bertz CT molecular complexity index is 240. The Morgan fingerprint density at radius 1 is 1.00 bits per heavy atom. The smallest absolute Gasteiger partial charge is 0.454 e. The van der Waals surface area contributed by atoms with Crippen molar-refractivity contribution < 1.29 is 53.3 Å². The average Bonchev–Trinajstić information content (AvgIpc) is 1.82. The number of halogens is 6. The molecule has 1 radical (unpaired) electrons. The number of ketones is 1. The molecule has 14 heavy (non-hydrogen) atoms. The molecule has 0 heterocycles. The molecule has 0 rings (SSSR count). The summed E-state index contributed by atoms with van der Waals surface area (Å²) in [6.45, 7) is 0. The van der Waals surface area contributed by atoms with Crippen molar-refractivity contribution in [3.63, 3.8) is 0 Å². The van der Waals surface area contributed by atoms with Gasteiger partial charge in [0, 0.05) is 23.1 Å². The van der Waals surface area contributed by atoms with E-state index in [0.29, 0.717) is 0 Å². The molecule has 87 valence electrons. The van der Waals surface area contributed by atoms with Gasteiger partial charge in [0.15, 0.2) is 0 Å². The van der Waals surface area contributed by atoms with Gasteiger partial charge >= 0.3 is 12.4 Å². The molecule has 0 aliphatic heterocycles. The molecule has 2 nitrogen and oxygen atoms in total. The number of hydrogen-bond donors (Lipinski definition) is 1. The van der Waals surface area contributed by atoms with E-state index in [0.717, 1.165) is 0 Å². The summed E-state index contributed by atoms with van der Waals surface area (Å²) in [5.41, 5.74) is 0. The third-order valence-electron chi connectivity index (χ3n) is 0.838. The molecule has 0 bridgehead atoms. The predicted octanol–water partition coefficient (Wildman–Crippen LogP) is 2.12. The second-order valence-corrected chi connectivity index (χ2v) is 1.89. The van der Waals surface area contributed by atoms with Gasteiger partial charge in [-0.1, -0.05) is 0 Å². The first-order chi connectivity index (χ1) is 5.55. The van der Waals surface area contributed by atoms with E-state index in [2.05, 4.69) is 0 Å². The first-order valence-electron chi connectivity index (χ1n) is 2.64. The summed E-state index contributed by atoms with van der Waals surface area (Å²) in [6, 6.07) is 0. The van der Waals surface area contributed by atoms with Crippen molar-refractivity contribution in [2.75, 3.05) is 0 Å². The molecule has 0 spiro atoms. The minimum atomic E-state index is -5.42. The molecule has 9 heteroatoms. The van der Waals surface area contributed by atoms with E-state index in [9.17, 15) is 31.1 Å². The summed E-state index contributed by atoms with van der Waals surface area (Å²) in [4.78, 5) is 9.86. The van der Waals surface area contributed by atoms with Crippen LogP contribution in [0.25, 0.3) is 0 Å². The average molecular weight is 272 g/mol. The monoisotopic (exact) mass is 271 g/mol. The van der Waals surface area contributed by atoms with Gasteiger partial charge < -0.3 is 5.11 Å². The molecule has 0 saturated carbocycles. The van der Waals surface area contributed by atoms with E-state index in [-0.39, 0.29) is 17.1 Å². The van der Waals surface area contributed by atoms with Gasteiger partial charge in [0.05, 0.1) is 0 Å². The van der Waals surface area contributed by atoms with E-state index in [1.165, 1.54) is 0 Å². The minimum absolute atomic E-state index is 0. The third-order valence-corrected chi connectivity index (χ3v) is 0.838. The van der Waals surface area contributed by atoms with Gasteiger partial charge in [-0.2, -0.15) is 26.3 Å². The molecule has 0 aromatic carbocycles. The van der Waals surface area contributed by atoms with Crippen LogP contribution in [0.4, 0.5) is 26.3 Å². The molecule has 0 saturated heterocycles. The van der Waals surface area contributed by atoms with Gasteiger partial charge in [0.2, 0.25) is 5.76 Å². The minimum Gasteiger partial charge on any atom is -0.504 e. The largest absolute Gasteiger partial charge is 0.504 e. The van der Waals surface area contributed by atoms with Gasteiger partial charge in [-0.05, 0) is 0 Å². The summed E-state index contributed by atoms with van der Waals surface area (Å²) in [5.74, 6) is -5.34. The standard InChI is InChI=1S/C5H2F6O2.Cu/c6-4(7,8)2(12)1-3(13)5(9,10)11;/h1,12H;/b2-1-;. The van der Waals surface area contributed by atoms with Gasteiger partial charge in [-0.15, -0.1) is 0 Å². The number of carbonyl (C=O) groups is 1. The van der Waals surface area contributed by atoms with Crippen LogP contribution in [0, 0.1) is 0 Å². The van der Waals surface area contributed by atoms with Crippen LogP contribution < -0.4 is 0 Å². The number of aliphatic hydroxyl groups excluding tert-OH is 1. The summed E-state index contributed by atoms with van der Waals surface area (Å²) >= 11 is 0. The van der Waals surface area contributed by atoms with Gasteiger partial charge in [0.25, 0.3) is 5.78 Å². The fourth-order valence-electron chi connectivity index (χ4n) is 0.288. The van der Waals surface area contributed by atoms with Crippen LogP contribution in [-0.4, -0.2) is 23.2 Å². The molecule has 0 aromatic rings. The Morgan fingerprint density at radius 3 is 1.57 bits per heavy atom. The Labute approximate surface area is 84.1 Å². The van der Waals surface area contributed by atoms with Crippen LogP contribution in [0.3, 0.4) is 0 Å². The number of alkyl halides is 6. The zero-order chi connectivity index (χ0) is 10.9. The van der Waals surface area contributed by atoms with Crippen LogP contribution in [-0.2, 0) is 21.9 Å². The van der Waals surface area contributed by atoms with Crippen LogP contribution in [0.15, 0.2) is 11.8 Å². The number of aliphatic hydroxyl groups is 1. The normalized spacial score (nSPS) is 13.4. The van der Waals surface area contributed by atoms with Crippen molar-refractivity contribution >= 4 is 5.78 Å². The van der Waals surface area contributed by atoms with Crippen molar-refractivity contribution in [3.8, 4) is 0 Å². The van der Waals surface area contributed by atoms with E-state index in [4.69, 9.17) is 5.11 Å². The zero-order valence-corrected chi connectivity index (χ0v) is 6.94. The maximum Gasteiger partial charge on any atom is 0.454 e. The molecular formula is C5H2CuF6O2. The van der Waals surface area contributed by atoms with E-state index in [1.807, 2.05) is 0 Å². The SMILES string of the molecule is O=C(/C=C(\O)C(F)(F)F)C(F)(F)F.[Cu]. The maximum atomic E-state index is 11.4. The maximum absolute atomic E-state index is 11.4. The molecule has 0 aliphatic rings. The summed E-state index contributed by atoms with van der Waals surface area (Å²) in [7, 11) is 0. The Balaban J connectivity index is 0. The van der Waals surface area contributed by atoms with Gasteiger partial charge in [-0.25, -0.2) is 0 Å². The fourth-order valence-corrected chi connectivity index (χ4v) is 0.288. The molecule has 0 aromatic heterocycles. The van der Waals surface area contributed by atoms with E-state index in [1.54, 1.807) is 0 Å². The topological polar surface area (TPSA) is 37.3 Å². The predicted molar refractivity (Wildman–Crippen MR) is 27.8 cm³/mol. The Morgan fingerprint density at radius 2 is 1.36 bits per heavy atom. The first-order valence-corrected chi connectivity index (χ1v) is 2.64. The van der Waals surface area contributed by atoms with E-state index < -0.39 is 30.0 Å². The Hall–Kier alpha value is -0.691. The van der Waals surface area contributed by atoms with Crippen molar-refractivity contribution in [2.24, 2.45) is 0 Å². The van der Waals surface area contributed by atoms with Gasteiger partial charge in [0.1, 0.15) is 0 Å². The van der Waals surface area contributed by atoms with Crippen LogP contribution in [0.2, 0.25) is 0 Å². The van der Waals surface area contributed by atoms with Crippen LogP contribution in [0.5, 0.6) is 0 Å². The van der Waals surface area contributed by atoms with Crippen molar-refractivity contribution in [1.82, 2.24) is 0 Å². The summed E-state index contributed by atoms with van der Waals surface area (Å²) in [6.07, 6.45) is -11.7. The first kappa shape index (κ1) is 15.8. The second-order valence-electron chi connectivity index (χ2n) is 1.89. The van der Waals surface area contributed by atoms with Crippen molar-refractivity contribution in [1.29, 1.82) is 0 Å². The zero-order valence-electron chi connectivity index (χ0n) is 6.00. The number of hydrogen-bond acceptors (Lipinski definition) is 2. The number of allylic oxidation sites excluding steroid dienone is 2. The van der Waals surface area contributed by atoms with Gasteiger partial charge in [-0.3, -0.25) is 4.79 Å². The molecule has 0 aliphatic carbocycles. The Kier molecular flexibility index (Phi) is 5.29. The molecule has 0 atom stereocenters. The third kappa shape index (κ3) is 5.13. The number of rotatable bonds is 1. The summed E-state index contributed by atoms with van der Waals surface area (Å²) in [5, 5.41) is 7.93. The van der Waals surface area contributed by atoms with Crippen LogP contribution >= 0.6 is 0 Å².